The summed E-state index contributed by atoms with van der Waals surface area (Å²) in [5, 5.41) is 3.76. The number of fused-ring (bicyclic) bond motifs is 2. The van der Waals surface area contributed by atoms with Crippen LogP contribution in [0, 0.1) is 23.7 Å². The quantitative estimate of drug-likeness (QED) is 0.859. The van der Waals surface area contributed by atoms with Crippen LogP contribution in [-0.2, 0) is 4.74 Å². The normalized spacial score (nSPS) is 43.3. The van der Waals surface area contributed by atoms with Crippen molar-refractivity contribution in [1.29, 1.82) is 0 Å². The van der Waals surface area contributed by atoms with Crippen LogP contribution >= 0.6 is 11.8 Å². The van der Waals surface area contributed by atoms with Crippen LogP contribution in [0.2, 0.25) is 0 Å². The van der Waals surface area contributed by atoms with Gasteiger partial charge in [-0.15, -0.1) is 0 Å². The van der Waals surface area contributed by atoms with Crippen molar-refractivity contribution in [3.63, 3.8) is 0 Å². The molecule has 0 radical (unpaired) electrons. The fraction of sp³-hybridized carbons (Fsp3) is 1.00. The summed E-state index contributed by atoms with van der Waals surface area (Å²) in [6.45, 7) is 1.01. The largest absolute Gasteiger partial charge is 0.375 e. The lowest BCUT2D eigenvalue weighted by Gasteiger charge is -2.47. The van der Waals surface area contributed by atoms with Crippen molar-refractivity contribution in [2.45, 2.75) is 63.0 Å². The maximum Gasteiger partial charge on any atom is 0.0701 e. The summed E-state index contributed by atoms with van der Waals surface area (Å²) in [6.07, 6.45) is 11.3. The Labute approximate surface area is 134 Å². The van der Waals surface area contributed by atoms with Crippen molar-refractivity contribution in [2.24, 2.45) is 23.7 Å². The van der Waals surface area contributed by atoms with Crippen LogP contribution in [0.5, 0.6) is 0 Å². The Morgan fingerprint density at radius 3 is 2.67 bits per heavy atom. The van der Waals surface area contributed by atoms with Gasteiger partial charge in [0.15, 0.2) is 0 Å². The molecule has 2 heterocycles. The van der Waals surface area contributed by atoms with E-state index in [9.17, 15) is 0 Å². The van der Waals surface area contributed by atoms with E-state index in [1.165, 1.54) is 62.9 Å². The van der Waals surface area contributed by atoms with Gasteiger partial charge in [-0.2, -0.15) is 11.8 Å². The molecule has 2 aliphatic heterocycles. The highest BCUT2D eigenvalue weighted by atomic mass is 32.2. The van der Waals surface area contributed by atoms with E-state index in [1.54, 1.807) is 0 Å². The first-order valence-corrected chi connectivity index (χ1v) is 10.3. The minimum atomic E-state index is 0.251. The van der Waals surface area contributed by atoms with E-state index in [1.807, 2.05) is 0 Å². The molecule has 2 saturated carbocycles. The van der Waals surface area contributed by atoms with Crippen LogP contribution in [0.3, 0.4) is 0 Å². The van der Waals surface area contributed by atoms with Gasteiger partial charge in [-0.1, -0.05) is 6.42 Å². The van der Waals surface area contributed by atoms with Gasteiger partial charge in [-0.25, -0.2) is 0 Å². The molecule has 4 fully saturated rings. The van der Waals surface area contributed by atoms with Crippen molar-refractivity contribution in [1.82, 2.24) is 5.32 Å². The van der Waals surface area contributed by atoms with E-state index in [-0.39, 0.29) is 5.60 Å². The van der Waals surface area contributed by atoms with Gasteiger partial charge in [0.05, 0.1) is 5.60 Å². The molecule has 3 heteroatoms. The number of hydrogen-bond acceptors (Lipinski definition) is 3. The number of nitrogens with one attached hydrogen (secondary N) is 1. The molecule has 5 atom stereocenters. The van der Waals surface area contributed by atoms with Gasteiger partial charge in [-0.05, 0) is 87.2 Å². The fourth-order valence-electron chi connectivity index (χ4n) is 6.00. The van der Waals surface area contributed by atoms with Crippen LogP contribution in [-0.4, -0.2) is 36.8 Å². The van der Waals surface area contributed by atoms with E-state index in [0.29, 0.717) is 0 Å². The number of hydrogen-bond donors (Lipinski definition) is 1. The van der Waals surface area contributed by atoms with E-state index >= 15 is 0 Å². The average molecular weight is 310 g/mol. The summed E-state index contributed by atoms with van der Waals surface area (Å²) in [4.78, 5) is 0. The maximum atomic E-state index is 6.31. The van der Waals surface area contributed by atoms with Crippen LogP contribution in [0.4, 0.5) is 0 Å². The van der Waals surface area contributed by atoms with Crippen molar-refractivity contribution >= 4 is 11.8 Å². The van der Waals surface area contributed by atoms with Crippen molar-refractivity contribution in [3.05, 3.63) is 0 Å². The zero-order valence-corrected chi connectivity index (χ0v) is 14.3. The molecule has 0 amide bonds. The Hall–Kier alpha value is 0.270. The summed E-state index contributed by atoms with van der Waals surface area (Å²) >= 11 is 2.12. The molecule has 1 spiro atoms. The van der Waals surface area contributed by atoms with Crippen LogP contribution in [0.15, 0.2) is 0 Å². The molecule has 4 rings (SSSR count). The highest BCUT2D eigenvalue weighted by Gasteiger charge is 2.47. The minimum Gasteiger partial charge on any atom is -0.375 e. The van der Waals surface area contributed by atoms with E-state index in [2.05, 4.69) is 24.1 Å². The summed E-state index contributed by atoms with van der Waals surface area (Å²) in [7, 11) is 2.22. The maximum absolute atomic E-state index is 6.31. The molecule has 120 valence electrons. The predicted molar refractivity (Wildman–Crippen MR) is 89.8 cm³/mol. The molecule has 5 unspecified atom stereocenters. The van der Waals surface area contributed by atoms with Crippen molar-refractivity contribution in [3.8, 4) is 0 Å². The Morgan fingerprint density at radius 1 is 1.14 bits per heavy atom. The predicted octanol–water partition coefficient (Wildman–Crippen LogP) is 3.70. The molecule has 2 bridgehead atoms. The lowest BCUT2D eigenvalue weighted by atomic mass is 9.71. The van der Waals surface area contributed by atoms with Gasteiger partial charge in [0.2, 0.25) is 0 Å². The first-order valence-electron chi connectivity index (χ1n) is 9.19. The third-order valence-corrected chi connectivity index (χ3v) is 8.02. The first kappa shape index (κ1) is 14.8. The standard InChI is InChI=1S/C18H31NOS/c1-19-17(16-11-13-2-3-14(16)10-13)15-4-7-20-18(12-15)5-8-21-9-6-18/h13-17,19H,2-12H2,1H3. The van der Waals surface area contributed by atoms with Crippen LogP contribution in [0.1, 0.15) is 51.4 Å². The average Bonchev–Trinajstić information content (AvgIpc) is 3.12. The van der Waals surface area contributed by atoms with Gasteiger partial charge in [0.1, 0.15) is 0 Å². The summed E-state index contributed by atoms with van der Waals surface area (Å²) in [5.74, 6) is 6.54. The van der Waals surface area contributed by atoms with E-state index in [4.69, 9.17) is 4.74 Å². The van der Waals surface area contributed by atoms with E-state index in [0.717, 1.165) is 36.3 Å². The fourth-order valence-corrected chi connectivity index (χ4v) is 7.23. The van der Waals surface area contributed by atoms with Crippen LogP contribution < -0.4 is 5.32 Å². The molecular weight excluding hydrogens is 278 g/mol. The SMILES string of the molecule is CNC(C1CCOC2(CCSCC2)C1)C1CC2CCC1C2. The highest BCUT2D eigenvalue weighted by molar-refractivity contribution is 7.99. The smallest absolute Gasteiger partial charge is 0.0701 e. The third kappa shape index (κ3) is 2.79. The highest BCUT2D eigenvalue weighted by Crippen LogP contribution is 2.52. The molecule has 4 aliphatic rings. The van der Waals surface area contributed by atoms with Gasteiger partial charge < -0.3 is 10.1 Å². The number of rotatable bonds is 3. The second-order valence-electron chi connectivity index (χ2n) is 8.05. The third-order valence-electron chi connectivity index (χ3n) is 7.03. The molecule has 2 aliphatic carbocycles. The Kier molecular flexibility index (Phi) is 4.27. The lowest BCUT2D eigenvalue weighted by molar-refractivity contribution is -0.110. The summed E-state index contributed by atoms with van der Waals surface area (Å²) in [6, 6.07) is 0.760. The molecule has 0 aromatic heterocycles. The second-order valence-corrected chi connectivity index (χ2v) is 9.27. The van der Waals surface area contributed by atoms with Crippen molar-refractivity contribution < 1.29 is 4.74 Å². The minimum absolute atomic E-state index is 0.251. The number of ether oxygens (including phenoxy) is 1. The summed E-state index contributed by atoms with van der Waals surface area (Å²) < 4.78 is 6.31. The summed E-state index contributed by atoms with van der Waals surface area (Å²) in [5.41, 5.74) is 0.251. The monoisotopic (exact) mass is 309 g/mol. The Balaban J connectivity index is 1.46. The topological polar surface area (TPSA) is 21.3 Å². The molecule has 2 saturated heterocycles. The number of thioether (sulfide) groups is 1. The van der Waals surface area contributed by atoms with E-state index < -0.39 is 0 Å². The van der Waals surface area contributed by atoms with Gasteiger partial charge in [-0.3, -0.25) is 0 Å². The Bertz CT molecular complexity index is 363. The Morgan fingerprint density at radius 2 is 2.00 bits per heavy atom. The molecule has 0 aromatic rings. The zero-order valence-electron chi connectivity index (χ0n) is 13.5. The van der Waals surface area contributed by atoms with Crippen LogP contribution in [0.25, 0.3) is 0 Å². The molecule has 2 nitrogen and oxygen atoms in total. The first-order chi connectivity index (χ1) is 10.3. The zero-order chi connectivity index (χ0) is 14.3. The lowest BCUT2D eigenvalue weighted by Crippen LogP contribution is -2.50. The molecule has 21 heavy (non-hydrogen) atoms. The van der Waals surface area contributed by atoms with Gasteiger partial charge >= 0.3 is 0 Å². The molecule has 1 N–H and O–H groups in total. The van der Waals surface area contributed by atoms with Crippen molar-refractivity contribution in [2.75, 3.05) is 25.2 Å². The molecular formula is C18H31NOS. The second kappa shape index (κ2) is 6.05. The van der Waals surface area contributed by atoms with Gasteiger partial charge in [0, 0.05) is 12.6 Å². The molecule has 0 aromatic carbocycles. The van der Waals surface area contributed by atoms with Gasteiger partial charge in [0.25, 0.3) is 0 Å².